The smallest absolute Gasteiger partial charge is 0.249 e. The highest BCUT2D eigenvalue weighted by molar-refractivity contribution is 5.97. The predicted molar refractivity (Wildman–Crippen MR) is 69.5 cm³/mol. The molecule has 1 aromatic rings. The van der Waals surface area contributed by atoms with Crippen LogP contribution in [0.2, 0.25) is 0 Å². The molecule has 0 heterocycles. The zero-order chi connectivity index (χ0) is 12.1. The number of hydrogen-bond donors (Lipinski definition) is 3. The second kappa shape index (κ2) is 6.88. The summed E-state index contributed by atoms with van der Waals surface area (Å²) in [6, 6.07) is 5.05. The molecule has 0 radical (unpaired) electrons. The number of hydrogen-bond acceptors (Lipinski definition) is 3. The van der Waals surface area contributed by atoms with Crippen LogP contribution >= 0.6 is 12.4 Å². The van der Waals surface area contributed by atoms with Gasteiger partial charge in [0.25, 0.3) is 0 Å². The summed E-state index contributed by atoms with van der Waals surface area (Å²) in [6.07, 6.45) is 0. The first-order valence-electron chi connectivity index (χ1n) is 4.89. The molecule has 0 saturated heterocycles. The van der Waals surface area contributed by atoms with Crippen LogP contribution in [0.3, 0.4) is 0 Å². The van der Waals surface area contributed by atoms with Crippen molar-refractivity contribution < 1.29 is 9.59 Å². The quantitative estimate of drug-likeness (QED) is 0.741. The van der Waals surface area contributed by atoms with Crippen LogP contribution in [0, 0.1) is 6.92 Å². The van der Waals surface area contributed by atoms with Crippen LogP contribution in [0.15, 0.2) is 18.2 Å². The average molecular weight is 258 g/mol. The molecule has 4 N–H and O–H groups in total. The van der Waals surface area contributed by atoms with Crippen LogP contribution in [-0.2, 0) is 4.79 Å². The summed E-state index contributed by atoms with van der Waals surface area (Å²) < 4.78 is 0. The van der Waals surface area contributed by atoms with Crippen molar-refractivity contribution in [3.05, 3.63) is 29.3 Å². The van der Waals surface area contributed by atoms with E-state index in [4.69, 9.17) is 5.73 Å². The average Bonchev–Trinajstić information content (AvgIpc) is 2.21. The van der Waals surface area contributed by atoms with E-state index in [1.807, 2.05) is 0 Å². The fraction of sp³-hybridized carbons (Fsp3) is 0.273. The minimum absolute atomic E-state index is 0. The molecule has 2 amide bonds. The van der Waals surface area contributed by atoms with Gasteiger partial charge < -0.3 is 16.4 Å². The van der Waals surface area contributed by atoms with Gasteiger partial charge in [0.1, 0.15) is 0 Å². The van der Waals surface area contributed by atoms with E-state index < -0.39 is 5.91 Å². The van der Waals surface area contributed by atoms with Gasteiger partial charge in [0, 0.05) is 11.3 Å². The number of benzene rings is 1. The Morgan fingerprint density at radius 1 is 1.35 bits per heavy atom. The largest absolute Gasteiger partial charge is 0.366 e. The Labute approximate surface area is 106 Å². The van der Waals surface area contributed by atoms with Gasteiger partial charge in [0.15, 0.2) is 0 Å². The number of carbonyl (C=O) groups excluding carboxylic acids is 2. The molecule has 0 fully saturated rings. The van der Waals surface area contributed by atoms with Crippen molar-refractivity contribution >= 4 is 29.9 Å². The normalized spacial score (nSPS) is 9.29. The third-order valence-electron chi connectivity index (χ3n) is 2.12. The highest BCUT2D eigenvalue weighted by Gasteiger charge is 2.07. The molecule has 0 aliphatic heterocycles. The molecule has 0 unspecified atom stereocenters. The van der Waals surface area contributed by atoms with Gasteiger partial charge in [-0.05, 0) is 31.7 Å². The van der Waals surface area contributed by atoms with Crippen LogP contribution < -0.4 is 16.4 Å². The minimum Gasteiger partial charge on any atom is -0.366 e. The zero-order valence-electron chi connectivity index (χ0n) is 9.74. The second-order valence-electron chi connectivity index (χ2n) is 3.47. The summed E-state index contributed by atoms with van der Waals surface area (Å²) in [4.78, 5) is 22.4. The second-order valence-corrected chi connectivity index (χ2v) is 3.47. The molecule has 0 aliphatic carbocycles. The number of amides is 2. The molecule has 1 rings (SSSR count). The van der Waals surface area contributed by atoms with E-state index in [0.29, 0.717) is 11.3 Å². The summed E-state index contributed by atoms with van der Waals surface area (Å²) >= 11 is 0. The van der Waals surface area contributed by atoms with E-state index in [9.17, 15) is 9.59 Å². The number of primary amides is 1. The lowest BCUT2D eigenvalue weighted by atomic mass is 10.1. The molecule has 0 aromatic heterocycles. The molecule has 0 bridgehead atoms. The summed E-state index contributed by atoms with van der Waals surface area (Å²) in [5, 5.41) is 5.39. The number of nitrogens with one attached hydrogen (secondary N) is 2. The number of aryl methyl sites for hydroxylation is 1. The zero-order valence-corrected chi connectivity index (χ0v) is 10.6. The van der Waals surface area contributed by atoms with Crippen molar-refractivity contribution in [2.24, 2.45) is 5.73 Å². The lowest BCUT2D eigenvalue weighted by Gasteiger charge is -2.07. The van der Waals surface area contributed by atoms with Crippen molar-refractivity contribution in [3.8, 4) is 0 Å². The van der Waals surface area contributed by atoms with Crippen LogP contribution in [0.5, 0.6) is 0 Å². The maximum atomic E-state index is 11.3. The van der Waals surface area contributed by atoms with E-state index in [1.54, 1.807) is 32.2 Å². The monoisotopic (exact) mass is 257 g/mol. The van der Waals surface area contributed by atoms with Crippen LogP contribution in [-0.4, -0.2) is 25.4 Å². The van der Waals surface area contributed by atoms with Gasteiger partial charge >= 0.3 is 0 Å². The molecule has 6 heteroatoms. The SMILES string of the molecule is CNCC(=O)Nc1ccc(C)c(C(N)=O)c1.Cl. The first-order valence-corrected chi connectivity index (χ1v) is 4.89. The summed E-state index contributed by atoms with van der Waals surface area (Å²) in [6.45, 7) is 2.01. The first kappa shape index (κ1) is 15.4. The Balaban J connectivity index is 0.00000256. The van der Waals surface area contributed by atoms with Crippen LogP contribution in [0.25, 0.3) is 0 Å². The topological polar surface area (TPSA) is 84.2 Å². The Bertz CT molecular complexity index is 421. The van der Waals surface area contributed by atoms with Gasteiger partial charge in [-0.1, -0.05) is 6.07 Å². The first-order chi connectivity index (χ1) is 7.54. The molecule has 17 heavy (non-hydrogen) atoms. The number of halogens is 1. The molecule has 1 aromatic carbocycles. The van der Waals surface area contributed by atoms with E-state index in [-0.39, 0.29) is 24.9 Å². The van der Waals surface area contributed by atoms with Gasteiger partial charge in [-0.15, -0.1) is 12.4 Å². The van der Waals surface area contributed by atoms with Gasteiger partial charge in [-0.2, -0.15) is 0 Å². The van der Waals surface area contributed by atoms with Gasteiger partial charge in [-0.25, -0.2) is 0 Å². The van der Waals surface area contributed by atoms with E-state index in [2.05, 4.69) is 10.6 Å². The number of nitrogens with two attached hydrogens (primary N) is 1. The van der Waals surface area contributed by atoms with Crippen molar-refractivity contribution in [2.75, 3.05) is 18.9 Å². The number of anilines is 1. The maximum Gasteiger partial charge on any atom is 0.249 e. The van der Waals surface area contributed by atoms with E-state index in [0.717, 1.165) is 5.56 Å². The highest BCUT2D eigenvalue weighted by Crippen LogP contribution is 2.14. The Morgan fingerprint density at radius 2 is 2.00 bits per heavy atom. The summed E-state index contributed by atoms with van der Waals surface area (Å²) in [7, 11) is 1.68. The molecule has 0 saturated carbocycles. The van der Waals surface area contributed by atoms with Crippen molar-refractivity contribution in [3.63, 3.8) is 0 Å². The van der Waals surface area contributed by atoms with Gasteiger partial charge in [-0.3, -0.25) is 9.59 Å². The third kappa shape index (κ3) is 4.42. The van der Waals surface area contributed by atoms with E-state index in [1.165, 1.54) is 0 Å². The van der Waals surface area contributed by atoms with Gasteiger partial charge in [0.2, 0.25) is 11.8 Å². The fourth-order valence-corrected chi connectivity index (χ4v) is 1.33. The standard InChI is InChI=1S/C11H15N3O2.ClH/c1-7-3-4-8(5-9(7)11(12)16)14-10(15)6-13-2;/h3-5,13H,6H2,1-2H3,(H2,12,16)(H,14,15);1H. The van der Waals surface area contributed by atoms with E-state index >= 15 is 0 Å². The maximum absolute atomic E-state index is 11.3. The molecular weight excluding hydrogens is 242 g/mol. The van der Waals surface area contributed by atoms with Crippen molar-refractivity contribution in [1.82, 2.24) is 5.32 Å². The minimum atomic E-state index is -0.498. The molecular formula is C11H16ClN3O2. The predicted octanol–water partition coefficient (Wildman–Crippen LogP) is 0.674. The molecule has 94 valence electrons. The Kier molecular flexibility index (Phi) is 6.23. The van der Waals surface area contributed by atoms with Crippen molar-refractivity contribution in [2.45, 2.75) is 6.92 Å². The number of likely N-dealkylation sites (N-methyl/N-ethyl adjacent to an activating group) is 1. The molecule has 5 nitrogen and oxygen atoms in total. The lowest BCUT2D eigenvalue weighted by Crippen LogP contribution is -2.25. The van der Waals surface area contributed by atoms with Crippen molar-refractivity contribution in [1.29, 1.82) is 0 Å². The number of carbonyl (C=O) groups is 2. The molecule has 0 aliphatic rings. The fourth-order valence-electron chi connectivity index (χ4n) is 1.33. The number of rotatable bonds is 4. The Morgan fingerprint density at radius 3 is 2.53 bits per heavy atom. The van der Waals surface area contributed by atoms with Crippen LogP contribution in [0.4, 0.5) is 5.69 Å². The summed E-state index contributed by atoms with van der Waals surface area (Å²) in [5.41, 5.74) is 6.99. The lowest BCUT2D eigenvalue weighted by molar-refractivity contribution is -0.115. The van der Waals surface area contributed by atoms with Crippen LogP contribution in [0.1, 0.15) is 15.9 Å². The molecule has 0 spiro atoms. The van der Waals surface area contributed by atoms with Gasteiger partial charge in [0.05, 0.1) is 6.54 Å². The highest BCUT2D eigenvalue weighted by atomic mass is 35.5. The molecule has 0 atom stereocenters. The third-order valence-corrected chi connectivity index (χ3v) is 2.12. The Hall–Kier alpha value is -1.59. The summed E-state index contributed by atoms with van der Waals surface area (Å²) in [5.74, 6) is -0.663.